The van der Waals surface area contributed by atoms with E-state index >= 15 is 0 Å². The number of fused-ring (bicyclic) bond motifs is 4. The molecule has 0 atom stereocenters. The molecule has 1 nitrogen and oxygen atoms in total. The molecule has 0 aliphatic heterocycles. The SMILES string of the molecule is [2H]C=C(C(=C)/C=C\C=C)/C([2H])=C(/[2H])C(=C[2H])c1cc([2H])c([2H])c([2H])c([2H])cc(-c2c([2H])c([2H])c([2H])c3oc4c([2H])c([2H])c([2H])c([2H])c4c23)c2c([2H])c([2H])c([2H])c([2H])c12. The van der Waals surface area contributed by atoms with E-state index in [1.165, 1.54) is 18.2 Å². The van der Waals surface area contributed by atoms with E-state index in [9.17, 15) is 4.11 Å². The van der Waals surface area contributed by atoms with Gasteiger partial charge < -0.3 is 4.42 Å². The summed E-state index contributed by atoms with van der Waals surface area (Å²) < 4.78 is 171. The maximum Gasteiger partial charge on any atom is 0.136 e. The van der Waals surface area contributed by atoms with E-state index in [0.717, 1.165) is 18.7 Å². The van der Waals surface area contributed by atoms with Crippen LogP contribution < -0.4 is 0 Å². The Morgan fingerprint density at radius 1 is 0.718 bits per heavy atom. The van der Waals surface area contributed by atoms with E-state index in [1.54, 1.807) is 0 Å². The largest absolute Gasteiger partial charge is 0.456 e. The highest BCUT2D eigenvalue weighted by Gasteiger charge is 2.14. The van der Waals surface area contributed by atoms with Crippen molar-refractivity contribution in [1.29, 1.82) is 0 Å². The van der Waals surface area contributed by atoms with Gasteiger partial charge in [0.05, 0.1) is 26.0 Å². The van der Waals surface area contributed by atoms with Crippen LogP contribution in [0.3, 0.4) is 0 Å². The third-order valence-electron chi connectivity index (χ3n) is 5.48. The van der Waals surface area contributed by atoms with Gasteiger partial charge in [0.25, 0.3) is 0 Å². The van der Waals surface area contributed by atoms with Gasteiger partial charge in [0.1, 0.15) is 11.2 Å². The first-order valence-corrected chi connectivity index (χ1v) is 11.4. The molecule has 0 saturated heterocycles. The molecule has 0 aliphatic rings. The van der Waals surface area contributed by atoms with Crippen molar-refractivity contribution in [2.24, 2.45) is 0 Å². The van der Waals surface area contributed by atoms with Crippen molar-refractivity contribution in [3.63, 3.8) is 0 Å². The van der Waals surface area contributed by atoms with Gasteiger partial charge in [0.2, 0.25) is 0 Å². The number of para-hydroxylation sites is 1. The predicted octanol–water partition coefficient (Wildman–Crippen LogP) is 11.0. The smallest absolute Gasteiger partial charge is 0.136 e. The average Bonchev–Trinajstić information content (AvgIpc) is 3.60. The van der Waals surface area contributed by atoms with Crippen molar-refractivity contribution >= 4 is 38.3 Å². The minimum Gasteiger partial charge on any atom is -0.456 e. The van der Waals surface area contributed by atoms with Gasteiger partial charge in [-0.2, -0.15) is 0 Å². The molecule has 0 amide bonds. The van der Waals surface area contributed by atoms with Crippen molar-refractivity contribution in [2.75, 3.05) is 0 Å². The van der Waals surface area contributed by atoms with Gasteiger partial charge in [0, 0.05) is 10.8 Å². The van der Waals surface area contributed by atoms with E-state index in [0.29, 0.717) is 6.55 Å². The summed E-state index contributed by atoms with van der Waals surface area (Å²) in [6.45, 7) is 8.63. The van der Waals surface area contributed by atoms with Crippen LogP contribution in [-0.4, -0.2) is 0 Å². The maximum atomic E-state index is 9.24. The summed E-state index contributed by atoms with van der Waals surface area (Å²) in [5.41, 5.74) is -3.36. The highest BCUT2D eigenvalue weighted by molar-refractivity contribution is 6.15. The molecule has 0 aliphatic carbocycles. The van der Waals surface area contributed by atoms with Gasteiger partial charge in [0.15, 0.2) is 0 Å². The lowest BCUT2D eigenvalue weighted by Gasteiger charge is -2.10. The molecule has 5 rings (SSSR count). The minimum absolute atomic E-state index is 0.0734. The molecule has 0 spiro atoms. The topological polar surface area (TPSA) is 13.1 Å². The second kappa shape index (κ2) is 11.5. The molecule has 39 heavy (non-hydrogen) atoms. The Labute approximate surface area is 256 Å². The Balaban J connectivity index is 2.24. The van der Waals surface area contributed by atoms with Crippen molar-refractivity contribution < 1.29 is 30.5 Å². The number of allylic oxidation sites excluding steroid dienone is 8. The standard InChI is InChI=1S/C38H30O/c1-5-6-16-27(2)28(3)25-26-29(4)30-17-9-7-8-10-18-33(32-20-12-11-19-31(30)32)34-22-15-24-37-38(34)35-21-13-14-23-36(35)39-37/h5-26H,1-4H2/b8-7?,9-7?,10-8?,16-6-,17-9?,18-10?,26-25-,30-17?,31-30?,33-18?,33-32?/i3D,4D,7D,8D,9D,10D,11D,12D,13D,14D,15D,19D,20D,21D,22D,23D,24D,25D,26D/b8-7?,9-7?,10-8?,16-6-,17-9?,18-10?,26-25-,28-3?,29-4?,30-17?,31-30?,33-18?,33-32?. The Morgan fingerprint density at radius 2 is 1.46 bits per heavy atom. The quantitative estimate of drug-likeness (QED) is 0.194. The number of furan rings is 1. The lowest BCUT2D eigenvalue weighted by molar-refractivity contribution is 0.669. The number of rotatable bonds is 7. The first-order valence-electron chi connectivity index (χ1n) is 21.0. The van der Waals surface area contributed by atoms with Crippen LogP contribution in [0.5, 0.6) is 0 Å². The number of hydrogen-bond donors (Lipinski definition) is 0. The van der Waals surface area contributed by atoms with Crippen LogP contribution in [-0.2, 0) is 0 Å². The monoisotopic (exact) mass is 521 g/mol. The van der Waals surface area contributed by atoms with Gasteiger partial charge in [-0.05, 0) is 56.3 Å². The summed E-state index contributed by atoms with van der Waals surface area (Å²) in [5.74, 6) is 0. The molecule has 4 aromatic carbocycles. The van der Waals surface area contributed by atoms with E-state index in [1.807, 2.05) is 0 Å². The highest BCUT2D eigenvalue weighted by atomic mass is 16.3. The molecule has 0 bridgehead atoms. The van der Waals surface area contributed by atoms with Crippen LogP contribution in [0.25, 0.3) is 49.4 Å². The molecule has 0 fully saturated rings. The molecular weight excluding hydrogens is 472 g/mol. The number of hydrogen-bond acceptors (Lipinski definition) is 1. The molecule has 1 heterocycles. The number of benzene rings is 3. The fourth-order valence-corrected chi connectivity index (χ4v) is 3.68. The van der Waals surface area contributed by atoms with E-state index in [2.05, 4.69) is 13.2 Å². The zero-order valence-electron chi connectivity index (χ0n) is 39.4. The highest BCUT2D eigenvalue weighted by Crippen LogP contribution is 2.39. The lowest BCUT2D eigenvalue weighted by atomic mass is 9.93. The summed E-state index contributed by atoms with van der Waals surface area (Å²) >= 11 is 0. The molecule has 1 aromatic heterocycles. The van der Waals surface area contributed by atoms with Crippen LogP contribution in [0.15, 0.2) is 175 Å². The molecule has 5 aromatic rings. The molecule has 0 unspecified atom stereocenters. The lowest BCUT2D eigenvalue weighted by Crippen LogP contribution is -1.85. The summed E-state index contributed by atoms with van der Waals surface area (Å²) in [5, 5.41) is -1.97. The first kappa shape index (κ1) is 11.3. The maximum absolute atomic E-state index is 9.24. The minimum atomic E-state index is -0.920. The summed E-state index contributed by atoms with van der Waals surface area (Å²) in [6.07, 6.45) is 4.24. The molecule has 0 saturated carbocycles. The molecule has 0 radical (unpaired) electrons. The second-order valence-corrected chi connectivity index (χ2v) is 7.86. The van der Waals surface area contributed by atoms with E-state index in [4.69, 9.17) is 26.3 Å². The van der Waals surface area contributed by atoms with Crippen LogP contribution in [0.4, 0.5) is 0 Å². The van der Waals surface area contributed by atoms with Gasteiger partial charge >= 0.3 is 0 Å². The zero-order valence-corrected chi connectivity index (χ0v) is 20.4. The summed E-state index contributed by atoms with van der Waals surface area (Å²) in [7, 11) is 0. The van der Waals surface area contributed by atoms with Crippen LogP contribution in [0.2, 0.25) is 0 Å². The fourth-order valence-electron chi connectivity index (χ4n) is 3.68. The normalized spacial score (nSPS) is 19.7. The van der Waals surface area contributed by atoms with Crippen molar-refractivity contribution in [2.45, 2.75) is 0 Å². The first-order chi connectivity index (χ1) is 27.2. The summed E-state index contributed by atoms with van der Waals surface area (Å²) in [6, 6.07) is -12.1. The van der Waals surface area contributed by atoms with Crippen molar-refractivity contribution in [3.05, 3.63) is 176 Å². The predicted molar refractivity (Wildman–Crippen MR) is 170 cm³/mol. The Hall–Kier alpha value is -5.14. The Kier molecular flexibility index (Phi) is 3.33. The average molecular weight is 522 g/mol. The van der Waals surface area contributed by atoms with Gasteiger partial charge in [-0.15, -0.1) is 0 Å². The van der Waals surface area contributed by atoms with E-state index in [-0.39, 0.29) is 21.9 Å². The molecule has 1 heteroatoms. The Bertz CT molecular complexity index is 2850. The van der Waals surface area contributed by atoms with Crippen LogP contribution in [0.1, 0.15) is 31.6 Å². The van der Waals surface area contributed by atoms with E-state index < -0.39 is 147 Å². The third-order valence-corrected chi connectivity index (χ3v) is 5.48. The third kappa shape index (κ3) is 5.30. The van der Waals surface area contributed by atoms with Crippen LogP contribution in [0, 0.1) is 0 Å². The fraction of sp³-hybridized carbons (Fsp3) is 0. The molecule has 188 valence electrons. The molecular formula is C38H30O. The van der Waals surface area contributed by atoms with Crippen LogP contribution >= 0.6 is 0 Å². The zero-order chi connectivity index (χ0) is 43.4. The Morgan fingerprint density at radius 3 is 2.26 bits per heavy atom. The van der Waals surface area contributed by atoms with Gasteiger partial charge in [-0.3, -0.25) is 0 Å². The van der Waals surface area contributed by atoms with Gasteiger partial charge in [-0.25, -0.2) is 0 Å². The molecule has 0 N–H and O–H groups in total. The van der Waals surface area contributed by atoms with Crippen molar-refractivity contribution in [3.8, 4) is 11.1 Å². The van der Waals surface area contributed by atoms with Gasteiger partial charge in [-0.1, -0.05) is 147 Å². The second-order valence-electron chi connectivity index (χ2n) is 7.86. The summed E-state index contributed by atoms with van der Waals surface area (Å²) in [4.78, 5) is 0. The van der Waals surface area contributed by atoms with Crippen molar-refractivity contribution in [1.82, 2.24) is 0 Å².